The third-order valence-electron chi connectivity index (χ3n) is 3.47. The molecule has 0 radical (unpaired) electrons. The van der Waals surface area contributed by atoms with Gasteiger partial charge in [-0.05, 0) is 29.3 Å². The minimum atomic E-state index is -0.171. The van der Waals surface area contributed by atoms with E-state index in [0.717, 1.165) is 43.0 Å². The van der Waals surface area contributed by atoms with Gasteiger partial charge in [0.05, 0.1) is 0 Å². The molecule has 2 nitrogen and oxygen atoms in total. The van der Waals surface area contributed by atoms with Crippen molar-refractivity contribution in [2.24, 2.45) is 0 Å². The van der Waals surface area contributed by atoms with Gasteiger partial charge in [0.2, 0.25) is 0 Å². The molecule has 1 aliphatic rings. The van der Waals surface area contributed by atoms with Crippen LogP contribution in [0.5, 0.6) is 0 Å². The van der Waals surface area contributed by atoms with E-state index < -0.39 is 0 Å². The molecule has 98 valence electrons. The van der Waals surface area contributed by atoms with E-state index in [2.05, 4.69) is 16.3 Å². The van der Waals surface area contributed by atoms with Crippen molar-refractivity contribution in [3.05, 3.63) is 54.3 Å². The zero-order valence-electron chi connectivity index (χ0n) is 10.8. The summed E-state index contributed by atoms with van der Waals surface area (Å²) in [5.41, 5.74) is 2.97. The number of hydrogen-bond acceptors (Lipinski definition) is 2. The molecule has 0 bridgehead atoms. The van der Waals surface area contributed by atoms with Gasteiger partial charge < -0.3 is 10.2 Å². The lowest BCUT2D eigenvalue weighted by molar-refractivity contribution is 0.585. The average Bonchev–Trinajstić information content (AvgIpc) is 2.48. The molecule has 0 amide bonds. The quantitative estimate of drug-likeness (QED) is 0.888. The number of halogens is 1. The first-order valence-electron chi connectivity index (χ1n) is 6.64. The summed E-state index contributed by atoms with van der Waals surface area (Å²) >= 11 is 0. The van der Waals surface area contributed by atoms with E-state index >= 15 is 0 Å². The van der Waals surface area contributed by atoms with Crippen LogP contribution < -0.4 is 10.2 Å². The molecule has 19 heavy (non-hydrogen) atoms. The molecular formula is C16H17FN2. The molecule has 0 atom stereocenters. The fourth-order valence-electron chi connectivity index (χ4n) is 2.48. The van der Waals surface area contributed by atoms with Gasteiger partial charge in [-0.2, -0.15) is 0 Å². The molecular weight excluding hydrogens is 239 g/mol. The Kier molecular flexibility index (Phi) is 3.47. The summed E-state index contributed by atoms with van der Waals surface area (Å²) in [6.07, 6.45) is 0. The van der Waals surface area contributed by atoms with Crippen molar-refractivity contribution in [2.75, 3.05) is 31.1 Å². The standard InChI is InChI=1S/C16H17FN2/c17-15-10-14(13-4-2-1-3-5-13)11-16(12-15)19-8-6-18-7-9-19/h1-5,10-12,18H,6-9H2. The first-order valence-corrected chi connectivity index (χ1v) is 6.64. The molecule has 2 aromatic carbocycles. The highest BCUT2D eigenvalue weighted by Crippen LogP contribution is 2.26. The largest absolute Gasteiger partial charge is 0.369 e. The predicted octanol–water partition coefficient (Wildman–Crippen LogP) is 2.90. The Labute approximate surface area is 112 Å². The van der Waals surface area contributed by atoms with E-state index in [1.54, 1.807) is 12.1 Å². The Bertz CT molecular complexity index is 548. The van der Waals surface area contributed by atoms with Crippen LogP contribution in [0.2, 0.25) is 0 Å². The van der Waals surface area contributed by atoms with E-state index in [-0.39, 0.29) is 5.82 Å². The maximum Gasteiger partial charge on any atom is 0.125 e. The summed E-state index contributed by atoms with van der Waals surface area (Å²) in [4.78, 5) is 2.23. The van der Waals surface area contributed by atoms with Gasteiger partial charge in [0.15, 0.2) is 0 Å². The topological polar surface area (TPSA) is 15.3 Å². The van der Waals surface area contributed by atoms with Gasteiger partial charge in [-0.3, -0.25) is 0 Å². The summed E-state index contributed by atoms with van der Waals surface area (Å²) in [6, 6.07) is 15.2. The zero-order valence-corrected chi connectivity index (χ0v) is 10.8. The Morgan fingerprint density at radius 3 is 2.37 bits per heavy atom. The van der Waals surface area contributed by atoms with E-state index in [4.69, 9.17) is 0 Å². The van der Waals surface area contributed by atoms with Crippen LogP contribution in [-0.2, 0) is 0 Å². The number of benzene rings is 2. The van der Waals surface area contributed by atoms with Crippen LogP contribution in [-0.4, -0.2) is 26.2 Å². The van der Waals surface area contributed by atoms with Gasteiger partial charge in [0, 0.05) is 31.9 Å². The molecule has 0 aliphatic carbocycles. The number of anilines is 1. The summed E-state index contributed by atoms with van der Waals surface area (Å²) < 4.78 is 13.8. The zero-order chi connectivity index (χ0) is 13.1. The maximum absolute atomic E-state index is 13.8. The van der Waals surface area contributed by atoms with Crippen LogP contribution in [0, 0.1) is 5.82 Å². The Balaban J connectivity index is 1.96. The van der Waals surface area contributed by atoms with Crippen molar-refractivity contribution < 1.29 is 4.39 Å². The van der Waals surface area contributed by atoms with Crippen molar-refractivity contribution in [1.82, 2.24) is 5.32 Å². The molecule has 0 spiro atoms. The van der Waals surface area contributed by atoms with Crippen molar-refractivity contribution in [1.29, 1.82) is 0 Å². The maximum atomic E-state index is 13.8. The molecule has 1 saturated heterocycles. The summed E-state index contributed by atoms with van der Waals surface area (Å²) in [6.45, 7) is 3.77. The second-order valence-corrected chi connectivity index (χ2v) is 4.80. The fraction of sp³-hybridized carbons (Fsp3) is 0.250. The summed E-state index contributed by atoms with van der Waals surface area (Å²) in [5.74, 6) is -0.171. The van der Waals surface area contributed by atoms with Crippen molar-refractivity contribution >= 4 is 5.69 Å². The van der Waals surface area contributed by atoms with Crippen LogP contribution in [0.1, 0.15) is 0 Å². The second-order valence-electron chi connectivity index (χ2n) is 4.80. The molecule has 2 aromatic rings. The molecule has 1 N–H and O–H groups in total. The van der Waals surface area contributed by atoms with Gasteiger partial charge >= 0.3 is 0 Å². The molecule has 1 aliphatic heterocycles. The number of nitrogens with one attached hydrogen (secondary N) is 1. The van der Waals surface area contributed by atoms with Crippen LogP contribution in [0.25, 0.3) is 11.1 Å². The molecule has 1 fully saturated rings. The second kappa shape index (κ2) is 5.41. The lowest BCUT2D eigenvalue weighted by Crippen LogP contribution is -2.43. The van der Waals surface area contributed by atoms with E-state index in [1.165, 1.54) is 0 Å². The average molecular weight is 256 g/mol. The van der Waals surface area contributed by atoms with Gasteiger partial charge in [0.1, 0.15) is 5.82 Å². The molecule has 0 unspecified atom stereocenters. The number of rotatable bonds is 2. The molecule has 3 rings (SSSR count). The smallest absolute Gasteiger partial charge is 0.125 e. The number of nitrogens with zero attached hydrogens (tertiary/aromatic N) is 1. The van der Waals surface area contributed by atoms with Crippen molar-refractivity contribution in [3.63, 3.8) is 0 Å². The van der Waals surface area contributed by atoms with E-state index in [1.807, 2.05) is 30.3 Å². The Morgan fingerprint density at radius 2 is 1.63 bits per heavy atom. The number of piperazine rings is 1. The van der Waals surface area contributed by atoms with E-state index in [9.17, 15) is 4.39 Å². The highest BCUT2D eigenvalue weighted by Gasteiger charge is 2.12. The molecule has 0 aromatic heterocycles. The minimum Gasteiger partial charge on any atom is -0.369 e. The third-order valence-corrected chi connectivity index (χ3v) is 3.47. The Morgan fingerprint density at radius 1 is 0.895 bits per heavy atom. The Hall–Kier alpha value is -1.87. The van der Waals surface area contributed by atoms with Gasteiger partial charge in [-0.25, -0.2) is 4.39 Å². The first kappa shape index (κ1) is 12.2. The predicted molar refractivity (Wildman–Crippen MR) is 76.9 cm³/mol. The summed E-state index contributed by atoms with van der Waals surface area (Å²) in [5, 5.41) is 3.31. The first-order chi connectivity index (χ1) is 9.33. The van der Waals surface area contributed by atoms with E-state index in [0.29, 0.717) is 0 Å². The lowest BCUT2D eigenvalue weighted by atomic mass is 10.0. The normalized spacial score (nSPS) is 15.5. The minimum absolute atomic E-state index is 0.171. The summed E-state index contributed by atoms with van der Waals surface area (Å²) in [7, 11) is 0. The van der Waals surface area contributed by atoms with Gasteiger partial charge in [-0.1, -0.05) is 30.3 Å². The molecule has 1 heterocycles. The van der Waals surface area contributed by atoms with Crippen molar-refractivity contribution in [2.45, 2.75) is 0 Å². The lowest BCUT2D eigenvalue weighted by Gasteiger charge is -2.29. The van der Waals surface area contributed by atoms with Crippen LogP contribution >= 0.6 is 0 Å². The molecule has 3 heteroatoms. The third kappa shape index (κ3) is 2.76. The SMILES string of the molecule is Fc1cc(-c2ccccc2)cc(N2CCNCC2)c1. The van der Waals surface area contributed by atoms with Crippen molar-refractivity contribution in [3.8, 4) is 11.1 Å². The van der Waals surface area contributed by atoms with Crippen LogP contribution in [0.3, 0.4) is 0 Å². The highest BCUT2D eigenvalue weighted by atomic mass is 19.1. The van der Waals surface area contributed by atoms with Crippen LogP contribution in [0.15, 0.2) is 48.5 Å². The molecule has 0 saturated carbocycles. The number of hydrogen-bond donors (Lipinski definition) is 1. The monoisotopic (exact) mass is 256 g/mol. The van der Waals surface area contributed by atoms with Gasteiger partial charge in [-0.15, -0.1) is 0 Å². The van der Waals surface area contributed by atoms with Crippen LogP contribution in [0.4, 0.5) is 10.1 Å². The van der Waals surface area contributed by atoms with Gasteiger partial charge in [0.25, 0.3) is 0 Å². The fourth-order valence-corrected chi connectivity index (χ4v) is 2.48. The highest BCUT2D eigenvalue weighted by molar-refractivity contribution is 5.68.